The third-order valence-corrected chi connectivity index (χ3v) is 6.89. The Kier molecular flexibility index (Phi) is 11.1. The van der Waals surface area contributed by atoms with E-state index in [4.69, 9.17) is 29.4 Å². The van der Waals surface area contributed by atoms with Crippen LogP contribution in [-0.4, -0.2) is 46.7 Å². The van der Waals surface area contributed by atoms with Gasteiger partial charge in [0.1, 0.15) is 23.0 Å². The summed E-state index contributed by atoms with van der Waals surface area (Å²) < 4.78 is 91.6. The van der Waals surface area contributed by atoms with Gasteiger partial charge in [0.25, 0.3) is 0 Å². The number of halogens is 6. The number of carboxylic acid groups (broad SMARTS) is 2. The van der Waals surface area contributed by atoms with E-state index >= 15 is 0 Å². The molecule has 52 heavy (non-hydrogen) atoms. The molecule has 12 nitrogen and oxygen atoms in total. The minimum Gasteiger partial charge on any atom is -0.478 e. The maximum absolute atomic E-state index is 12.2. The first-order valence-corrected chi connectivity index (χ1v) is 14.8. The largest absolute Gasteiger partial charge is 0.573 e. The predicted molar refractivity (Wildman–Crippen MR) is 166 cm³/mol. The number of hydrogen-bond donors (Lipinski definition) is 2. The number of alkyl halides is 6. The van der Waals surface area contributed by atoms with Crippen molar-refractivity contribution in [3.63, 3.8) is 0 Å². The molecule has 0 amide bonds. The fourth-order valence-electron chi connectivity index (χ4n) is 4.61. The van der Waals surface area contributed by atoms with Crippen LogP contribution >= 0.6 is 0 Å². The molecule has 0 fully saturated rings. The van der Waals surface area contributed by atoms with Crippen LogP contribution < -0.4 is 18.9 Å². The standard InChI is InChI=1S/2C17H12F3NO5/c2*18-17(19,20)25-12-6-4-10(5-7-12)14-9-15(21-26-14)24-13-3-1-2-11(8-13)16(22)23/h2*1-8,14H,9H2,(H,22,23)/t2*14-/m10/s1. The van der Waals surface area contributed by atoms with E-state index in [1.54, 1.807) is 12.1 Å². The highest BCUT2D eigenvalue weighted by atomic mass is 19.4. The van der Waals surface area contributed by atoms with E-state index in [2.05, 4.69) is 19.8 Å². The maximum Gasteiger partial charge on any atom is 0.573 e. The zero-order valence-corrected chi connectivity index (χ0v) is 26.1. The minimum absolute atomic E-state index is 0.0684. The Morgan fingerprint density at radius 1 is 0.577 bits per heavy atom. The van der Waals surface area contributed by atoms with Gasteiger partial charge in [-0.15, -0.1) is 26.3 Å². The summed E-state index contributed by atoms with van der Waals surface area (Å²) in [5, 5.41) is 25.5. The van der Waals surface area contributed by atoms with Crippen LogP contribution in [0.5, 0.6) is 23.0 Å². The molecular formula is C34H24F6N2O10. The van der Waals surface area contributed by atoms with Gasteiger partial charge < -0.3 is 38.8 Å². The predicted octanol–water partition coefficient (Wildman–Crippen LogP) is 8.27. The number of aromatic carboxylic acids is 2. The number of carbonyl (C=O) groups is 2. The van der Waals surface area contributed by atoms with E-state index in [1.165, 1.54) is 84.9 Å². The summed E-state index contributed by atoms with van der Waals surface area (Å²) in [5.41, 5.74) is 1.33. The summed E-state index contributed by atoms with van der Waals surface area (Å²) in [5.74, 6) is -1.78. The summed E-state index contributed by atoms with van der Waals surface area (Å²) in [7, 11) is 0. The Labute approximate surface area is 289 Å². The molecule has 0 spiro atoms. The summed E-state index contributed by atoms with van der Waals surface area (Å²) >= 11 is 0. The van der Waals surface area contributed by atoms with Crippen molar-refractivity contribution in [1.82, 2.24) is 0 Å². The van der Waals surface area contributed by atoms with Crippen LogP contribution in [0.15, 0.2) is 107 Å². The molecule has 0 aromatic heterocycles. The average Bonchev–Trinajstić information content (AvgIpc) is 3.75. The molecule has 0 unspecified atom stereocenters. The van der Waals surface area contributed by atoms with Gasteiger partial charge in [-0.2, -0.15) is 0 Å². The number of oxime groups is 2. The fraction of sp³-hybridized carbons (Fsp3) is 0.176. The normalized spacial score (nSPS) is 16.6. The maximum atomic E-state index is 12.2. The molecule has 2 N–H and O–H groups in total. The molecule has 6 rings (SSSR count). The molecule has 0 saturated carbocycles. The lowest BCUT2D eigenvalue weighted by molar-refractivity contribution is -0.275. The third-order valence-electron chi connectivity index (χ3n) is 6.89. The van der Waals surface area contributed by atoms with Gasteiger partial charge >= 0.3 is 24.7 Å². The lowest BCUT2D eigenvalue weighted by Gasteiger charge is -2.11. The van der Waals surface area contributed by atoms with Crippen LogP contribution in [-0.2, 0) is 9.68 Å². The first-order valence-electron chi connectivity index (χ1n) is 14.8. The number of hydrogen-bond acceptors (Lipinski definition) is 10. The molecule has 4 aromatic rings. The smallest absolute Gasteiger partial charge is 0.478 e. The monoisotopic (exact) mass is 734 g/mol. The Morgan fingerprint density at radius 2 is 0.942 bits per heavy atom. The van der Waals surface area contributed by atoms with Gasteiger partial charge in [-0.05, 0) is 71.8 Å². The van der Waals surface area contributed by atoms with Crippen molar-refractivity contribution in [2.45, 2.75) is 37.8 Å². The van der Waals surface area contributed by atoms with E-state index in [9.17, 15) is 35.9 Å². The molecule has 2 aliphatic heterocycles. The molecule has 0 radical (unpaired) electrons. The molecule has 2 aliphatic rings. The van der Waals surface area contributed by atoms with Crippen LogP contribution in [0.3, 0.4) is 0 Å². The Bertz CT molecular complexity index is 1810. The van der Waals surface area contributed by atoms with Crippen molar-refractivity contribution in [3.05, 3.63) is 119 Å². The minimum atomic E-state index is -4.75. The number of benzene rings is 4. The van der Waals surface area contributed by atoms with Crippen LogP contribution in [0, 0.1) is 0 Å². The van der Waals surface area contributed by atoms with Gasteiger partial charge in [-0.3, -0.25) is 0 Å². The van der Waals surface area contributed by atoms with Gasteiger partial charge in [-0.25, -0.2) is 9.59 Å². The van der Waals surface area contributed by atoms with Gasteiger partial charge in [0, 0.05) is 0 Å². The highest BCUT2D eigenvalue weighted by molar-refractivity contribution is 5.89. The quantitative estimate of drug-likeness (QED) is 0.169. The first-order chi connectivity index (χ1) is 24.6. The molecule has 2 atom stereocenters. The molecule has 272 valence electrons. The van der Waals surface area contributed by atoms with Crippen molar-refractivity contribution in [2.24, 2.45) is 10.3 Å². The van der Waals surface area contributed by atoms with Crippen molar-refractivity contribution in [3.8, 4) is 23.0 Å². The summed E-state index contributed by atoms with van der Waals surface area (Å²) in [6.45, 7) is 0. The zero-order chi connectivity index (χ0) is 37.5. The molecular weight excluding hydrogens is 710 g/mol. The number of nitrogens with zero attached hydrogens (tertiary/aromatic N) is 2. The SMILES string of the molecule is O=C(O)c1cccc(OC2=NO[C@@H](c3ccc(OC(F)(F)F)cc3)C2)c1.O=C(O)c1cccc(OC2=NO[C@H](c3ccc(OC(F)(F)F)cc3)C2)c1. The molecule has 0 aliphatic carbocycles. The molecule has 2 heterocycles. The highest BCUT2D eigenvalue weighted by Gasteiger charge is 2.32. The summed E-state index contributed by atoms with van der Waals surface area (Å²) in [6.07, 6.45) is -10.0. The summed E-state index contributed by atoms with van der Waals surface area (Å²) in [4.78, 5) is 32.4. The van der Waals surface area contributed by atoms with E-state index < -0.39 is 36.9 Å². The van der Waals surface area contributed by atoms with Gasteiger partial charge in [0.05, 0.1) is 24.0 Å². The average molecular weight is 735 g/mol. The molecule has 0 bridgehead atoms. The molecule has 0 saturated heterocycles. The Morgan fingerprint density at radius 3 is 1.27 bits per heavy atom. The van der Waals surface area contributed by atoms with Crippen molar-refractivity contribution < 1.29 is 74.8 Å². The van der Waals surface area contributed by atoms with E-state index in [0.29, 0.717) is 22.6 Å². The van der Waals surface area contributed by atoms with Gasteiger partial charge in [-0.1, -0.05) is 46.7 Å². The fourth-order valence-corrected chi connectivity index (χ4v) is 4.61. The number of rotatable bonds is 8. The van der Waals surface area contributed by atoms with Crippen LogP contribution in [0.25, 0.3) is 0 Å². The lowest BCUT2D eigenvalue weighted by atomic mass is 10.1. The van der Waals surface area contributed by atoms with Gasteiger partial charge in [0.2, 0.25) is 11.8 Å². The van der Waals surface area contributed by atoms with E-state index in [1.807, 2.05) is 0 Å². The topological polar surface area (TPSA) is 155 Å². The number of ether oxygens (including phenoxy) is 4. The van der Waals surface area contributed by atoms with Crippen molar-refractivity contribution in [1.29, 1.82) is 0 Å². The third kappa shape index (κ3) is 10.8. The summed E-state index contributed by atoms with van der Waals surface area (Å²) in [6, 6.07) is 22.3. The van der Waals surface area contributed by atoms with Crippen LogP contribution in [0.4, 0.5) is 26.3 Å². The van der Waals surface area contributed by atoms with Crippen molar-refractivity contribution >= 4 is 23.7 Å². The number of carboxylic acids is 2. The molecule has 18 heteroatoms. The Balaban J connectivity index is 0.000000201. The van der Waals surface area contributed by atoms with Crippen LogP contribution in [0.2, 0.25) is 0 Å². The van der Waals surface area contributed by atoms with Gasteiger partial charge in [0.15, 0.2) is 12.2 Å². The van der Waals surface area contributed by atoms with Crippen LogP contribution in [0.1, 0.15) is 56.9 Å². The van der Waals surface area contributed by atoms with E-state index in [-0.39, 0.29) is 47.3 Å². The first kappa shape index (κ1) is 36.8. The Hall–Kier alpha value is -6.46. The highest BCUT2D eigenvalue weighted by Crippen LogP contribution is 2.32. The lowest BCUT2D eigenvalue weighted by Crippen LogP contribution is -2.17. The molecule has 4 aromatic carbocycles. The van der Waals surface area contributed by atoms with E-state index in [0.717, 1.165) is 0 Å². The second kappa shape index (κ2) is 15.6. The zero-order valence-electron chi connectivity index (χ0n) is 26.1. The van der Waals surface area contributed by atoms with Crippen molar-refractivity contribution in [2.75, 3.05) is 0 Å². The second-order valence-electron chi connectivity index (χ2n) is 10.7. The second-order valence-corrected chi connectivity index (χ2v) is 10.7.